The van der Waals surface area contributed by atoms with Crippen molar-refractivity contribution in [2.45, 2.75) is 19.9 Å². The third kappa shape index (κ3) is 8.07. The smallest absolute Gasteiger partial charge is 0.150 e. The highest BCUT2D eigenvalue weighted by molar-refractivity contribution is 5.73. The van der Waals surface area contributed by atoms with Crippen LogP contribution in [0.2, 0.25) is 0 Å². The number of hydrogen-bond acceptors (Lipinski definition) is 6. The predicted octanol–water partition coefficient (Wildman–Crippen LogP) is 7.67. The van der Waals surface area contributed by atoms with Crippen LogP contribution in [-0.4, -0.2) is 22.0 Å². The number of halogens is 2. The van der Waals surface area contributed by atoms with Gasteiger partial charge in [-0.25, -0.2) is 13.5 Å². The van der Waals surface area contributed by atoms with Crippen LogP contribution in [-0.2, 0) is 19.9 Å². The van der Waals surface area contributed by atoms with Gasteiger partial charge in [0.15, 0.2) is 0 Å². The lowest BCUT2D eigenvalue weighted by Crippen LogP contribution is -2.10. The fourth-order valence-electron chi connectivity index (χ4n) is 4.19. The molecule has 0 radical (unpaired) electrons. The van der Waals surface area contributed by atoms with Crippen molar-refractivity contribution in [2.24, 2.45) is 0 Å². The van der Waals surface area contributed by atoms with E-state index in [-0.39, 0.29) is 11.6 Å². The Labute approximate surface area is 248 Å². The van der Waals surface area contributed by atoms with Crippen molar-refractivity contribution in [1.82, 2.24) is 15.0 Å². The van der Waals surface area contributed by atoms with Crippen molar-refractivity contribution in [1.29, 1.82) is 0 Å². The van der Waals surface area contributed by atoms with Crippen LogP contribution in [0, 0.1) is 11.6 Å². The zero-order valence-electron chi connectivity index (χ0n) is 23.6. The van der Waals surface area contributed by atoms with Gasteiger partial charge >= 0.3 is 0 Å². The number of para-hydroxylation sites is 1. The lowest BCUT2D eigenvalue weighted by molar-refractivity contribution is 0.304. The molecule has 7 nitrogen and oxygen atoms in total. The van der Waals surface area contributed by atoms with Crippen LogP contribution in [0.25, 0.3) is 11.0 Å². The number of benzene rings is 5. The van der Waals surface area contributed by atoms with E-state index in [4.69, 9.17) is 9.47 Å². The summed E-state index contributed by atoms with van der Waals surface area (Å²) in [5, 5.41) is 14.0. The van der Waals surface area contributed by atoms with Gasteiger partial charge in [-0.1, -0.05) is 78.0 Å². The van der Waals surface area contributed by atoms with Crippen molar-refractivity contribution < 1.29 is 18.3 Å². The van der Waals surface area contributed by atoms with Gasteiger partial charge in [0.25, 0.3) is 0 Å². The van der Waals surface area contributed by atoms with Gasteiger partial charge in [-0.05, 0) is 47.5 Å². The molecular weight excluding hydrogens is 548 g/mol. The molecule has 1 heterocycles. The summed E-state index contributed by atoms with van der Waals surface area (Å²) in [6.45, 7) is 1.17. The molecule has 9 heteroatoms. The second-order valence-electron chi connectivity index (χ2n) is 9.49. The fraction of sp³-hybridized carbons (Fsp3) is 0.118. The summed E-state index contributed by atoms with van der Waals surface area (Å²) in [6.07, 6.45) is 0. The molecule has 6 rings (SSSR count). The van der Waals surface area contributed by atoms with Crippen molar-refractivity contribution in [3.63, 3.8) is 0 Å². The maximum Gasteiger partial charge on any atom is 0.150 e. The second kappa shape index (κ2) is 14.5. The Balaban J connectivity index is 0.000000188. The Hall–Kier alpha value is -5.44. The molecule has 6 aromatic rings. The molecule has 0 aliphatic carbocycles. The third-order valence-corrected chi connectivity index (χ3v) is 6.49. The highest BCUT2D eigenvalue weighted by atomic mass is 19.1. The monoisotopic (exact) mass is 579 g/mol. The summed E-state index contributed by atoms with van der Waals surface area (Å²) in [6, 6.07) is 36.8. The largest absolute Gasteiger partial charge is 0.489 e. The van der Waals surface area contributed by atoms with Crippen molar-refractivity contribution in [3.05, 3.63) is 144 Å². The van der Waals surface area contributed by atoms with Crippen LogP contribution >= 0.6 is 0 Å². The molecule has 0 amide bonds. The summed E-state index contributed by atoms with van der Waals surface area (Å²) in [7, 11) is 1.68. The molecule has 43 heavy (non-hydrogen) atoms. The molecule has 0 aliphatic heterocycles. The Morgan fingerprint density at radius 3 is 1.74 bits per heavy atom. The Kier molecular flexibility index (Phi) is 9.77. The van der Waals surface area contributed by atoms with Gasteiger partial charge in [-0.2, -0.15) is 0 Å². The SMILES string of the molecule is CNc1ccc(OCc2ccccc2)cc1F.Fc1cc(OCc2ccccc2)ccc1NCn1nnc2ccccc21. The Morgan fingerprint density at radius 2 is 1.19 bits per heavy atom. The van der Waals surface area contributed by atoms with Gasteiger partial charge in [0.2, 0.25) is 0 Å². The number of hydrogen-bond donors (Lipinski definition) is 2. The number of anilines is 2. The summed E-state index contributed by atoms with van der Waals surface area (Å²) in [5.41, 5.74) is 4.65. The normalized spacial score (nSPS) is 10.5. The molecule has 2 N–H and O–H groups in total. The molecule has 0 saturated heterocycles. The first-order chi connectivity index (χ1) is 21.1. The van der Waals surface area contributed by atoms with Gasteiger partial charge in [0.1, 0.15) is 48.5 Å². The van der Waals surface area contributed by atoms with Gasteiger partial charge in [0.05, 0.1) is 16.9 Å². The standard InChI is InChI=1S/C20H17FN4O.C14H14FNO/c21-17-12-16(26-13-15-6-2-1-3-7-15)10-11-18(17)22-14-25-20-9-5-4-8-19(20)23-24-25;1-16-14-8-7-12(9-13(14)15)17-10-11-5-3-2-4-6-11/h1-12,22H,13-14H2;2-9,16H,10H2,1H3. The fourth-order valence-corrected chi connectivity index (χ4v) is 4.19. The predicted molar refractivity (Wildman–Crippen MR) is 165 cm³/mol. The van der Waals surface area contributed by atoms with Crippen molar-refractivity contribution >= 4 is 22.4 Å². The average Bonchev–Trinajstić information content (AvgIpc) is 3.47. The van der Waals surface area contributed by atoms with Crippen LogP contribution < -0.4 is 20.1 Å². The van der Waals surface area contributed by atoms with E-state index in [1.165, 1.54) is 12.1 Å². The van der Waals surface area contributed by atoms with E-state index in [1.807, 2.05) is 84.9 Å². The van der Waals surface area contributed by atoms with Gasteiger partial charge < -0.3 is 20.1 Å². The summed E-state index contributed by atoms with van der Waals surface area (Å²) in [5.74, 6) is 0.339. The molecule has 0 saturated carbocycles. The van der Waals surface area contributed by atoms with Crippen molar-refractivity contribution in [2.75, 3.05) is 17.7 Å². The molecule has 0 fully saturated rings. The van der Waals surface area contributed by atoms with E-state index in [0.29, 0.717) is 42.8 Å². The summed E-state index contributed by atoms with van der Waals surface area (Å²) in [4.78, 5) is 0. The van der Waals surface area contributed by atoms with E-state index < -0.39 is 0 Å². The molecule has 0 unspecified atom stereocenters. The van der Waals surface area contributed by atoms with Crippen LogP contribution in [0.15, 0.2) is 121 Å². The molecule has 0 atom stereocenters. The zero-order chi connectivity index (χ0) is 29.9. The molecule has 0 spiro atoms. The van der Waals surface area contributed by atoms with Gasteiger partial charge in [0, 0.05) is 19.2 Å². The highest BCUT2D eigenvalue weighted by Gasteiger charge is 2.07. The quantitative estimate of drug-likeness (QED) is 0.174. The second-order valence-corrected chi connectivity index (χ2v) is 9.49. The number of nitrogens with zero attached hydrogens (tertiary/aromatic N) is 3. The van der Waals surface area contributed by atoms with Gasteiger partial charge in [-0.15, -0.1) is 5.10 Å². The number of rotatable bonds is 10. The lowest BCUT2D eigenvalue weighted by Gasteiger charge is -2.11. The maximum absolute atomic E-state index is 14.3. The molecule has 1 aromatic heterocycles. The molecular formula is C34H31F2N5O2. The maximum atomic E-state index is 14.3. The first kappa shape index (κ1) is 29.1. The first-order valence-electron chi connectivity index (χ1n) is 13.7. The van der Waals surface area contributed by atoms with Crippen LogP contribution in [0.5, 0.6) is 11.5 Å². The highest BCUT2D eigenvalue weighted by Crippen LogP contribution is 2.23. The Morgan fingerprint density at radius 1 is 0.651 bits per heavy atom. The number of fused-ring (bicyclic) bond motifs is 1. The third-order valence-electron chi connectivity index (χ3n) is 6.49. The van der Waals surface area contributed by atoms with Crippen LogP contribution in [0.3, 0.4) is 0 Å². The molecule has 0 bridgehead atoms. The minimum Gasteiger partial charge on any atom is -0.489 e. The average molecular weight is 580 g/mol. The minimum absolute atomic E-state index is 0.307. The van der Waals surface area contributed by atoms with Crippen molar-refractivity contribution in [3.8, 4) is 11.5 Å². The van der Waals surface area contributed by atoms with E-state index in [1.54, 1.807) is 36.0 Å². The number of aromatic nitrogens is 3. The minimum atomic E-state index is -0.375. The number of ether oxygens (including phenoxy) is 2. The summed E-state index contributed by atoms with van der Waals surface area (Å²) < 4.78 is 40.6. The van der Waals surface area contributed by atoms with Crippen LogP contribution in [0.1, 0.15) is 11.1 Å². The van der Waals surface area contributed by atoms with E-state index >= 15 is 0 Å². The van der Waals surface area contributed by atoms with Crippen LogP contribution in [0.4, 0.5) is 20.2 Å². The number of nitrogens with one attached hydrogen (secondary N) is 2. The first-order valence-corrected chi connectivity index (χ1v) is 13.7. The van der Waals surface area contributed by atoms with Gasteiger partial charge in [-0.3, -0.25) is 0 Å². The van der Waals surface area contributed by atoms with E-state index in [2.05, 4.69) is 20.9 Å². The zero-order valence-corrected chi connectivity index (χ0v) is 23.6. The molecule has 0 aliphatic rings. The van der Waals surface area contributed by atoms with E-state index in [9.17, 15) is 8.78 Å². The molecule has 218 valence electrons. The van der Waals surface area contributed by atoms with E-state index in [0.717, 1.165) is 22.2 Å². The summed E-state index contributed by atoms with van der Waals surface area (Å²) >= 11 is 0. The molecule has 5 aromatic carbocycles. The topological polar surface area (TPSA) is 73.2 Å². The lowest BCUT2D eigenvalue weighted by atomic mass is 10.2. The Bertz CT molecular complexity index is 1750.